The maximum absolute atomic E-state index is 5.80. The van der Waals surface area contributed by atoms with Crippen LogP contribution in [-0.2, 0) is 0 Å². The van der Waals surface area contributed by atoms with E-state index >= 15 is 0 Å². The van der Waals surface area contributed by atoms with Gasteiger partial charge >= 0.3 is 0 Å². The Morgan fingerprint density at radius 3 is 2.68 bits per heavy atom. The molecular formula is C14H11Br2N3. The van der Waals surface area contributed by atoms with Crippen LogP contribution in [0.3, 0.4) is 0 Å². The molecule has 0 spiro atoms. The standard InChI is InChI=1S/C14H11Br2N3/c1-7-4-9(15)6-12-13(7)19-14(18-12)8-2-3-11(17)10(16)5-8/h2-6H,17H2,1H3,(H,18,19). The van der Waals surface area contributed by atoms with Gasteiger partial charge in [0.15, 0.2) is 0 Å². The highest BCUT2D eigenvalue weighted by atomic mass is 79.9. The molecule has 5 heteroatoms. The molecule has 0 aliphatic heterocycles. The van der Waals surface area contributed by atoms with E-state index in [9.17, 15) is 0 Å². The van der Waals surface area contributed by atoms with Crippen LogP contribution in [-0.4, -0.2) is 9.97 Å². The number of hydrogen-bond acceptors (Lipinski definition) is 2. The third-order valence-corrected chi connectivity index (χ3v) is 4.16. The van der Waals surface area contributed by atoms with E-state index in [2.05, 4.69) is 54.8 Å². The first-order valence-electron chi connectivity index (χ1n) is 5.76. The predicted molar refractivity (Wildman–Crippen MR) is 86.1 cm³/mol. The second-order valence-corrected chi connectivity index (χ2v) is 6.21. The highest BCUT2D eigenvalue weighted by Gasteiger charge is 2.09. The first-order chi connectivity index (χ1) is 9.04. The predicted octanol–water partition coefficient (Wildman–Crippen LogP) is 4.65. The van der Waals surface area contributed by atoms with E-state index in [-0.39, 0.29) is 0 Å². The number of imidazole rings is 1. The Morgan fingerprint density at radius 2 is 1.95 bits per heavy atom. The van der Waals surface area contributed by atoms with Crippen molar-refractivity contribution in [3.8, 4) is 11.4 Å². The van der Waals surface area contributed by atoms with Crippen molar-refractivity contribution in [2.45, 2.75) is 6.92 Å². The van der Waals surface area contributed by atoms with Crippen LogP contribution in [0.25, 0.3) is 22.4 Å². The summed E-state index contributed by atoms with van der Waals surface area (Å²) in [4.78, 5) is 7.99. The van der Waals surface area contributed by atoms with Gasteiger partial charge in [0.05, 0.1) is 11.0 Å². The molecule has 3 rings (SSSR count). The van der Waals surface area contributed by atoms with Crippen LogP contribution in [0.4, 0.5) is 5.69 Å². The lowest BCUT2D eigenvalue weighted by Crippen LogP contribution is -1.87. The molecule has 0 aliphatic rings. The zero-order valence-corrected chi connectivity index (χ0v) is 13.3. The number of nitrogens with one attached hydrogen (secondary N) is 1. The Bertz CT molecular complexity index is 778. The second kappa shape index (κ2) is 4.65. The number of benzene rings is 2. The summed E-state index contributed by atoms with van der Waals surface area (Å²) in [5, 5.41) is 0. The zero-order chi connectivity index (χ0) is 13.6. The third-order valence-electron chi connectivity index (χ3n) is 3.02. The lowest BCUT2D eigenvalue weighted by Gasteiger charge is -2.00. The summed E-state index contributed by atoms with van der Waals surface area (Å²) in [5.74, 6) is 0.844. The quantitative estimate of drug-likeness (QED) is 0.604. The number of nitrogen functional groups attached to an aromatic ring is 1. The summed E-state index contributed by atoms with van der Waals surface area (Å²) < 4.78 is 1.93. The summed E-state index contributed by atoms with van der Waals surface area (Å²) in [7, 11) is 0. The van der Waals surface area contributed by atoms with Gasteiger partial charge in [0, 0.05) is 20.2 Å². The van der Waals surface area contributed by atoms with E-state index in [4.69, 9.17) is 5.73 Å². The number of aryl methyl sites for hydroxylation is 1. The fraction of sp³-hybridized carbons (Fsp3) is 0.0714. The number of anilines is 1. The molecule has 0 unspecified atom stereocenters. The molecule has 3 nitrogen and oxygen atoms in total. The summed E-state index contributed by atoms with van der Waals surface area (Å²) >= 11 is 6.94. The molecule has 0 atom stereocenters. The van der Waals surface area contributed by atoms with Crippen molar-refractivity contribution in [3.05, 3.63) is 44.8 Å². The van der Waals surface area contributed by atoms with Crippen molar-refractivity contribution in [2.24, 2.45) is 0 Å². The second-order valence-electron chi connectivity index (χ2n) is 4.44. The van der Waals surface area contributed by atoms with E-state index < -0.39 is 0 Å². The van der Waals surface area contributed by atoms with Gasteiger partial charge in [0.2, 0.25) is 0 Å². The number of nitrogens with zero attached hydrogens (tertiary/aromatic N) is 1. The maximum Gasteiger partial charge on any atom is 0.138 e. The van der Waals surface area contributed by atoms with Crippen LogP contribution in [0.1, 0.15) is 5.56 Å². The number of fused-ring (bicyclic) bond motifs is 1. The topological polar surface area (TPSA) is 54.7 Å². The average molecular weight is 381 g/mol. The largest absolute Gasteiger partial charge is 0.398 e. The Hall–Kier alpha value is -1.33. The molecule has 0 radical (unpaired) electrons. The Labute approximate surface area is 127 Å². The van der Waals surface area contributed by atoms with Gasteiger partial charge in [-0.25, -0.2) is 4.98 Å². The molecule has 96 valence electrons. The van der Waals surface area contributed by atoms with Crippen molar-refractivity contribution in [1.29, 1.82) is 0 Å². The minimum Gasteiger partial charge on any atom is -0.398 e. The van der Waals surface area contributed by atoms with Gasteiger partial charge in [-0.3, -0.25) is 0 Å². The zero-order valence-electron chi connectivity index (χ0n) is 10.2. The third kappa shape index (κ3) is 2.28. The van der Waals surface area contributed by atoms with Gasteiger partial charge in [0.1, 0.15) is 5.82 Å². The Kier molecular flexibility index (Phi) is 3.11. The first kappa shape index (κ1) is 12.7. The van der Waals surface area contributed by atoms with Gasteiger partial charge in [0.25, 0.3) is 0 Å². The van der Waals surface area contributed by atoms with E-state index in [1.54, 1.807) is 0 Å². The van der Waals surface area contributed by atoms with Crippen molar-refractivity contribution in [3.63, 3.8) is 0 Å². The Morgan fingerprint density at radius 1 is 1.16 bits per heavy atom. The minimum atomic E-state index is 0.721. The van der Waals surface area contributed by atoms with Crippen molar-refractivity contribution in [2.75, 3.05) is 5.73 Å². The highest BCUT2D eigenvalue weighted by Crippen LogP contribution is 2.29. The molecule has 0 saturated carbocycles. The van der Waals surface area contributed by atoms with E-state index in [0.717, 1.165) is 42.6 Å². The summed E-state index contributed by atoms with van der Waals surface area (Å²) in [6, 6.07) is 9.89. The van der Waals surface area contributed by atoms with Crippen molar-refractivity contribution >= 4 is 48.6 Å². The monoisotopic (exact) mass is 379 g/mol. The van der Waals surface area contributed by atoms with E-state index in [0.29, 0.717) is 0 Å². The smallest absolute Gasteiger partial charge is 0.138 e. The molecule has 3 aromatic rings. The molecule has 1 aromatic heterocycles. The molecule has 0 fully saturated rings. The van der Waals surface area contributed by atoms with E-state index in [1.807, 2.05) is 24.3 Å². The lowest BCUT2D eigenvalue weighted by molar-refractivity contribution is 1.33. The van der Waals surface area contributed by atoms with Crippen LogP contribution in [0, 0.1) is 6.92 Å². The molecular weight excluding hydrogens is 370 g/mol. The Balaban J connectivity index is 2.20. The van der Waals surface area contributed by atoms with Gasteiger partial charge in [-0.05, 0) is 58.7 Å². The molecule has 19 heavy (non-hydrogen) atoms. The van der Waals surface area contributed by atoms with Crippen LogP contribution < -0.4 is 5.73 Å². The first-order valence-corrected chi connectivity index (χ1v) is 7.34. The van der Waals surface area contributed by atoms with Gasteiger partial charge in [-0.2, -0.15) is 0 Å². The number of hydrogen-bond donors (Lipinski definition) is 2. The number of H-pyrrole nitrogens is 1. The highest BCUT2D eigenvalue weighted by molar-refractivity contribution is 9.10. The average Bonchev–Trinajstić information content (AvgIpc) is 2.76. The number of halogens is 2. The molecule has 0 amide bonds. The SMILES string of the molecule is Cc1cc(Br)cc2[nH]c(-c3ccc(N)c(Br)c3)nc12. The number of aromatic amines is 1. The molecule has 1 heterocycles. The van der Waals surface area contributed by atoms with Gasteiger partial charge < -0.3 is 10.7 Å². The minimum absolute atomic E-state index is 0.721. The van der Waals surface area contributed by atoms with Gasteiger partial charge in [-0.15, -0.1) is 0 Å². The normalized spacial score (nSPS) is 11.1. The lowest BCUT2D eigenvalue weighted by atomic mass is 10.2. The van der Waals surface area contributed by atoms with Crippen molar-refractivity contribution < 1.29 is 0 Å². The van der Waals surface area contributed by atoms with Crippen LogP contribution >= 0.6 is 31.9 Å². The summed E-state index contributed by atoms with van der Waals surface area (Å²) in [6.45, 7) is 2.05. The van der Waals surface area contributed by atoms with Crippen LogP contribution in [0.2, 0.25) is 0 Å². The fourth-order valence-corrected chi connectivity index (χ4v) is 3.01. The molecule has 0 bridgehead atoms. The van der Waals surface area contributed by atoms with Gasteiger partial charge in [-0.1, -0.05) is 15.9 Å². The molecule has 0 saturated heterocycles. The van der Waals surface area contributed by atoms with Crippen LogP contribution in [0.15, 0.2) is 39.3 Å². The number of rotatable bonds is 1. The number of nitrogens with two attached hydrogens (primary N) is 1. The summed E-state index contributed by atoms with van der Waals surface area (Å²) in [5.41, 5.74) is 10.7. The van der Waals surface area contributed by atoms with Crippen molar-refractivity contribution in [1.82, 2.24) is 9.97 Å². The maximum atomic E-state index is 5.80. The fourth-order valence-electron chi connectivity index (χ4n) is 2.06. The molecule has 3 N–H and O–H groups in total. The summed E-state index contributed by atoms with van der Waals surface area (Å²) in [6.07, 6.45) is 0. The number of aromatic nitrogens is 2. The van der Waals surface area contributed by atoms with E-state index in [1.165, 1.54) is 0 Å². The van der Waals surface area contributed by atoms with Crippen LogP contribution in [0.5, 0.6) is 0 Å². The molecule has 0 aliphatic carbocycles. The molecule has 2 aromatic carbocycles.